The number of nitrogens with zero attached hydrogens (tertiary/aromatic N) is 4. The summed E-state index contributed by atoms with van der Waals surface area (Å²) in [5, 5.41) is 19.7. The van der Waals surface area contributed by atoms with Crippen LogP contribution in [-0.4, -0.2) is 32.0 Å². The van der Waals surface area contributed by atoms with Gasteiger partial charge in [0.25, 0.3) is 5.91 Å². The highest BCUT2D eigenvalue weighted by Crippen LogP contribution is 2.37. The number of rotatable bonds is 5. The fraction of sp³-hybridized carbons (Fsp3) is 0.154. The van der Waals surface area contributed by atoms with E-state index >= 15 is 0 Å². The third kappa shape index (κ3) is 4.73. The fourth-order valence-corrected chi connectivity index (χ4v) is 4.03. The second-order valence-electron chi connectivity index (χ2n) is 8.51. The Kier molecular flexibility index (Phi) is 6.41. The normalized spacial score (nSPS) is 15.9. The molecule has 2 aromatic carbocycles. The number of anilines is 1. The molecule has 1 amide bonds. The first-order chi connectivity index (χ1) is 18.1. The van der Waals surface area contributed by atoms with Gasteiger partial charge in [0, 0.05) is 23.5 Å². The van der Waals surface area contributed by atoms with Crippen LogP contribution in [0.15, 0.2) is 72.0 Å². The number of hydrogen-bond donors (Lipinski definition) is 3. The molecular formula is C26H20F4N6O2. The quantitative estimate of drug-likeness (QED) is 0.316. The van der Waals surface area contributed by atoms with Gasteiger partial charge >= 0.3 is 6.18 Å². The maximum Gasteiger partial charge on any atom is 0.416 e. The molecule has 3 N–H and O–H groups in total. The van der Waals surface area contributed by atoms with E-state index in [0.717, 1.165) is 6.07 Å². The predicted molar refractivity (Wildman–Crippen MR) is 132 cm³/mol. The average Bonchev–Trinajstić information content (AvgIpc) is 3.26. The molecular weight excluding hydrogens is 504 g/mol. The predicted octanol–water partition coefficient (Wildman–Crippen LogP) is 5.07. The Morgan fingerprint density at radius 3 is 2.61 bits per heavy atom. The SMILES string of the molecule is CC(O)c1cnc2c(NC(=O)c3cc(C4N=CC=CN4)c(C(F)(F)F)cc3F)n(-c3ccccc3)nc2c1. The lowest BCUT2D eigenvalue weighted by Crippen LogP contribution is -2.23. The van der Waals surface area contributed by atoms with Crippen LogP contribution in [0.3, 0.4) is 0 Å². The highest BCUT2D eigenvalue weighted by atomic mass is 19.4. The van der Waals surface area contributed by atoms with E-state index in [1.165, 1.54) is 29.4 Å². The number of carbonyl (C=O) groups is 1. The van der Waals surface area contributed by atoms with Crippen molar-refractivity contribution in [3.8, 4) is 5.69 Å². The highest BCUT2D eigenvalue weighted by Gasteiger charge is 2.37. The summed E-state index contributed by atoms with van der Waals surface area (Å²) in [7, 11) is 0. The number of benzene rings is 2. The number of para-hydroxylation sites is 1. The third-order valence-electron chi connectivity index (χ3n) is 5.90. The lowest BCUT2D eigenvalue weighted by Gasteiger charge is -2.21. The minimum absolute atomic E-state index is 0.0749. The maximum atomic E-state index is 15.0. The second-order valence-corrected chi connectivity index (χ2v) is 8.51. The van der Waals surface area contributed by atoms with E-state index in [0.29, 0.717) is 22.8 Å². The van der Waals surface area contributed by atoms with E-state index in [2.05, 4.69) is 25.7 Å². The van der Waals surface area contributed by atoms with Gasteiger partial charge in [0.15, 0.2) is 5.82 Å². The topological polar surface area (TPSA) is 104 Å². The molecule has 194 valence electrons. The van der Waals surface area contributed by atoms with E-state index in [1.807, 2.05) is 0 Å². The van der Waals surface area contributed by atoms with E-state index in [-0.39, 0.29) is 11.3 Å². The molecule has 0 saturated carbocycles. The molecule has 5 rings (SSSR count). The first kappa shape index (κ1) is 25.1. The summed E-state index contributed by atoms with van der Waals surface area (Å²) in [6.07, 6.45) is -1.25. The minimum Gasteiger partial charge on any atom is -0.389 e. The summed E-state index contributed by atoms with van der Waals surface area (Å²) >= 11 is 0. The first-order valence-corrected chi connectivity index (χ1v) is 11.4. The van der Waals surface area contributed by atoms with Gasteiger partial charge in [-0.25, -0.2) is 9.07 Å². The lowest BCUT2D eigenvalue weighted by molar-refractivity contribution is -0.138. The van der Waals surface area contributed by atoms with Crippen molar-refractivity contribution < 1.29 is 27.5 Å². The lowest BCUT2D eigenvalue weighted by atomic mass is 9.99. The number of halogens is 4. The Hall–Kier alpha value is -4.58. The summed E-state index contributed by atoms with van der Waals surface area (Å²) in [5.74, 6) is -2.28. The third-order valence-corrected chi connectivity index (χ3v) is 5.90. The number of allylic oxidation sites excluding steroid dienone is 1. The molecule has 1 aliphatic heterocycles. The molecule has 0 bridgehead atoms. The van der Waals surface area contributed by atoms with Gasteiger partial charge in [0.2, 0.25) is 0 Å². The fourth-order valence-electron chi connectivity index (χ4n) is 4.03. The molecule has 2 aromatic heterocycles. The van der Waals surface area contributed by atoms with Crippen LogP contribution in [0.1, 0.15) is 46.2 Å². The van der Waals surface area contributed by atoms with Crippen molar-refractivity contribution in [1.29, 1.82) is 0 Å². The van der Waals surface area contributed by atoms with Crippen molar-refractivity contribution >= 4 is 29.0 Å². The summed E-state index contributed by atoms with van der Waals surface area (Å²) in [4.78, 5) is 21.6. The zero-order chi connectivity index (χ0) is 27.0. The van der Waals surface area contributed by atoms with Crippen LogP contribution in [0.2, 0.25) is 0 Å². The Bertz CT molecular complexity index is 1580. The number of amides is 1. The van der Waals surface area contributed by atoms with Gasteiger partial charge in [-0.3, -0.25) is 14.8 Å². The van der Waals surface area contributed by atoms with Gasteiger partial charge in [0.1, 0.15) is 23.0 Å². The summed E-state index contributed by atoms with van der Waals surface area (Å²) in [6.45, 7) is 1.56. The zero-order valence-corrected chi connectivity index (χ0v) is 19.7. The van der Waals surface area contributed by atoms with Crippen LogP contribution in [0, 0.1) is 5.82 Å². The van der Waals surface area contributed by atoms with Gasteiger partial charge in [-0.05, 0) is 49.5 Å². The van der Waals surface area contributed by atoms with Gasteiger partial charge in [-0.1, -0.05) is 18.2 Å². The summed E-state index contributed by atoms with van der Waals surface area (Å²) < 4.78 is 57.5. The van der Waals surface area contributed by atoms with Crippen LogP contribution >= 0.6 is 0 Å². The van der Waals surface area contributed by atoms with Crippen molar-refractivity contribution in [3.05, 3.63) is 95.1 Å². The molecule has 0 fully saturated rings. The van der Waals surface area contributed by atoms with Gasteiger partial charge in [0.05, 0.1) is 22.9 Å². The number of hydrogen-bond acceptors (Lipinski definition) is 6. The molecule has 0 radical (unpaired) electrons. The number of fused-ring (bicyclic) bond motifs is 1. The molecule has 2 unspecified atom stereocenters. The molecule has 12 heteroatoms. The smallest absolute Gasteiger partial charge is 0.389 e. The molecule has 38 heavy (non-hydrogen) atoms. The van der Waals surface area contributed by atoms with E-state index in [4.69, 9.17) is 0 Å². The van der Waals surface area contributed by atoms with Crippen molar-refractivity contribution in [2.24, 2.45) is 4.99 Å². The number of pyridine rings is 1. The van der Waals surface area contributed by atoms with Crippen molar-refractivity contribution in [3.63, 3.8) is 0 Å². The largest absolute Gasteiger partial charge is 0.416 e. The molecule has 3 heterocycles. The highest BCUT2D eigenvalue weighted by molar-refractivity contribution is 6.08. The van der Waals surface area contributed by atoms with Crippen molar-refractivity contribution in [1.82, 2.24) is 20.1 Å². The number of carbonyl (C=O) groups excluding carboxylic acids is 1. The van der Waals surface area contributed by atoms with Crippen molar-refractivity contribution in [2.45, 2.75) is 25.4 Å². The van der Waals surface area contributed by atoms with Crippen LogP contribution in [0.5, 0.6) is 0 Å². The Balaban J connectivity index is 1.61. The monoisotopic (exact) mass is 524 g/mol. The Morgan fingerprint density at radius 2 is 1.95 bits per heavy atom. The van der Waals surface area contributed by atoms with Crippen molar-refractivity contribution in [2.75, 3.05) is 5.32 Å². The number of aliphatic hydroxyl groups is 1. The minimum atomic E-state index is -4.88. The maximum absolute atomic E-state index is 15.0. The van der Waals surface area contributed by atoms with E-state index in [1.54, 1.807) is 43.3 Å². The second kappa shape index (κ2) is 9.71. The molecule has 0 aliphatic carbocycles. The molecule has 8 nitrogen and oxygen atoms in total. The Labute approximate surface area is 213 Å². The number of nitrogens with one attached hydrogen (secondary N) is 2. The number of alkyl halides is 3. The number of aromatic nitrogens is 3. The average molecular weight is 524 g/mol. The van der Waals surface area contributed by atoms with Crippen LogP contribution in [-0.2, 0) is 6.18 Å². The number of aliphatic hydroxyl groups excluding tert-OH is 1. The van der Waals surface area contributed by atoms with Crippen LogP contribution in [0.25, 0.3) is 16.7 Å². The number of aliphatic imine (C=N–C) groups is 1. The van der Waals surface area contributed by atoms with E-state index < -0.39 is 46.9 Å². The van der Waals surface area contributed by atoms with Crippen LogP contribution in [0.4, 0.5) is 23.4 Å². The summed E-state index contributed by atoms with van der Waals surface area (Å²) in [5.41, 5.74) is -0.670. The first-order valence-electron chi connectivity index (χ1n) is 11.4. The Morgan fingerprint density at radius 1 is 1.18 bits per heavy atom. The molecule has 1 aliphatic rings. The van der Waals surface area contributed by atoms with Gasteiger partial charge in [-0.15, -0.1) is 0 Å². The van der Waals surface area contributed by atoms with Gasteiger partial charge < -0.3 is 15.7 Å². The molecule has 0 saturated heterocycles. The zero-order valence-electron chi connectivity index (χ0n) is 19.7. The van der Waals surface area contributed by atoms with E-state index in [9.17, 15) is 27.5 Å². The standard InChI is InChI=1S/C26H20F4N6O2/c1-14(37)15-10-21-22(33-13-15)24(36(35-21)16-6-3-2-4-7-16)34-25(38)18-11-17(23-31-8-5-9-32-23)19(12-20(18)27)26(28,29)30/h2-14,23,31,37H,1H3,(H,34,38). The summed E-state index contributed by atoms with van der Waals surface area (Å²) in [6, 6.07) is 11.4. The molecule has 0 spiro atoms. The molecule has 2 atom stereocenters. The molecule has 4 aromatic rings. The van der Waals surface area contributed by atoms with Crippen LogP contribution < -0.4 is 10.6 Å². The van der Waals surface area contributed by atoms with Gasteiger partial charge in [-0.2, -0.15) is 18.3 Å².